The molecule has 0 atom stereocenters. The second-order valence-corrected chi connectivity index (χ2v) is 4.03. The molecule has 2 aromatic rings. The molecule has 0 amide bonds. The maximum Gasteiger partial charge on any atom is 0.181 e. The van der Waals surface area contributed by atoms with Crippen LogP contribution in [0.4, 0.5) is 0 Å². The summed E-state index contributed by atoms with van der Waals surface area (Å²) in [6, 6.07) is 7.97. The number of fused-ring (bicyclic) bond motifs is 6. The Hall–Kier alpha value is -2.62. The van der Waals surface area contributed by atoms with Gasteiger partial charge in [0.15, 0.2) is 12.8 Å². The summed E-state index contributed by atoms with van der Waals surface area (Å²) < 4.78 is 11.1. The van der Waals surface area contributed by atoms with Crippen molar-refractivity contribution in [3.63, 3.8) is 0 Å². The Morgan fingerprint density at radius 2 is 1.22 bits per heavy atom. The summed E-state index contributed by atoms with van der Waals surface area (Å²) in [5.41, 5.74) is 0. The highest BCUT2D eigenvalue weighted by atomic mass is 16.5. The molecule has 2 heterocycles. The summed E-state index contributed by atoms with van der Waals surface area (Å²) in [5.74, 6) is 1.60. The van der Waals surface area contributed by atoms with Crippen LogP contribution in [0.25, 0.3) is 23.2 Å². The topological polar surface area (TPSA) is 43.2 Å². The van der Waals surface area contributed by atoms with Gasteiger partial charge in [-0.15, -0.1) is 0 Å². The Morgan fingerprint density at radius 1 is 0.722 bits per heavy atom. The fourth-order valence-electron chi connectivity index (χ4n) is 2.30. The van der Waals surface area contributed by atoms with Gasteiger partial charge in [-0.2, -0.15) is 0 Å². The van der Waals surface area contributed by atoms with E-state index >= 15 is 0 Å². The van der Waals surface area contributed by atoms with Crippen molar-refractivity contribution in [1.29, 1.82) is 0 Å². The minimum absolute atomic E-state index is 0.802. The molecule has 4 rings (SSSR count). The number of aliphatic imine (C=N–C) groups is 2. The molecule has 4 nitrogen and oxygen atoms in total. The summed E-state index contributed by atoms with van der Waals surface area (Å²) in [6.07, 6.45) is 6.41. The average molecular weight is 236 g/mol. The van der Waals surface area contributed by atoms with Crippen molar-refractivity contribution in [1.82, 2.24) is 0 Å². The van der Waals surface area contributed by atoms with Crippen LogP contribution in [0.1, 0.15) is 0 Å². The molecule has 0 spiro atoms. The first-order valence-electron chi connectivity index (χ1n) is 5.57. The van der Waals surface area contributed by atoms with Gasteiger partial charge in [-0.1, -0.05) is 24.3 Å². The summed E-state index contributed by atoms with van der Waals surface area (Å²) in [7, 11) is 0. The number of rotatable bonds is 0. The Kier molecular flexibility index (Phi) is 1.80. The fourth-order valence-corrected chi connectivity index (χ4v) is 2.30. The second-order valence-electron chi connectivity index (χ2n) is 4.03. The zero-order valence-corrected chi connectivity index (χ0v) is 9.33. The fraction of sp³-hybridized carbons (Fsp3) is 0. The van der Waals surface area contributed by atoms with E-state index in [-0.39, 0.29) is 0 Å². The van der Waals surface area contributed by atoms with E-state index in [2.05, 4.69) is 9.98 Å². The Morgan fingerprint density at radius 3 is 1.72 bits per heavy atom. The zero-order chi connectivity index (χ0) is 11.9. The van der Waals surface area contributed by atoms with Gasteiger partial charge < -0.3 is 9.47 Å². The SMILES string of the molecule is C1=NC=c2c(c3ccccc3c3c2=CN=CO3)O1. The number of hydrogen-bond donors (Lipinski definition) is 0. The van der Waals surface area contributed by atoms with Crippen molar-refractivity contribution >= 4 is 36.0 Å². The van der Waals surface area contributed by atoms with Gasteiger partial charge in [-0.25, -0.2) is 9.98 Å². The molecule has 0 unspecified atom stereocenters. The third-order valence-electron chi connectivity index (χ3n) is 3.07. The second kappa shape index (κ2) is 3.43. The molecule has 86 valence electrons. The molecule has 0 fully saturated rings. The lowest BCUT2D eigenvalue weighted by atomic mass is 10.0. The number of ether oxygens (including phenoxy) is 2. The molecule has 0 saturated heterocycles. The van der Waals surface area contributed by atoms with E-state index in [1.54, 1.807) is 12.4 Å². The Balaban J connectivity index is 2.34. The molecule has 0 saturated carbocycles. The highest BCUT2D eigenvalue weighted by Crippen LogP contribution is 2.28. The first kappa shape index (κ1) is 9.41. The molecule has 4 heteroatoms. The summed E-state index contributed by atoms with van der Waals surface area (Å²) >= 11 is 0. The maximum atomic E-state index is 5.55. The highest BCUT2D eigenvalue weighted by Gasteiger charge is 2.15. The van der Waals surface area contributed by atoms with Gasteiger partial charge in [0.1, 0.15) is 11.5 Å². The van der Waals surface area contributed by atoms with Crippen molar-refractivity contribution in [2.24, 2.45) is 9.98 Å². The van der Waals surface area contributed by atoms with Crippen molar-refractivity contribution in [3.05, 3.63) is 34.7 Å². The standard InChI is InChI=1S/C14H8N2O2/c1-2-4-10-9(3-1)13-11(5-15-7-17-13)12-6-16-8-18-14(10)12/h1-8H. The molecule has 18 heavy (non-hydrogen) atoms. The quantitative estimate of drug-likeness (QED) is 0.688. The Labute approximate surface area is 102 Å². The van der Waals surface area contributed by atoms with Crippen LogP contribution in [0.2, 0.25) is 0 Å². The van der Waals surface area contributed by atoms with E-state index < -0.39 is 0 Å². The van der Waals surface area contributed by atoms with Crippen LogP contribution in [0.3, 0.4) is 0 Å². The molecule has 2 aromatic carbocycles. The molecule has 0 aliphatic carbocycles. The van der Waals surface area contributed by atoms with E-state index in [1.807, 2.05) is 24.3 Å². The van der Waals surface area contributed by atoms with Crippen molar-refractivity contribution in [2.45, 2.75) is 0 Å². The Bertz CT molecular complexity index is 764. The van der Waals surface area contributed by atoms with Crippen LogP contribution >= 0.6 is 0 Å². The predicted molar refractivity (Wildman–Crippen MR) is 70.4 cm³/mol. The number of benzene rings is 2. The zero-order valence-electron chi connectivity index (χ0n) is 9.33. The largest absolute Gasteiger partial charge is 0.444 e. The minimum Gasteiger partial charge on any atom is -0.444 e. The van der Waals surface area contributed by atoms with E-state index in [1.165, 1.54) is 12.8 Å². The van der Waals surface area contributed by atoms with Gasteiger partial charge in [0.25, 0.3) is 0 Å². The van der Waals surface area contributed by atoms with E-state index in [0.717, 1.165) is 32.7 Å². The third-order valence-corrected chi connectivity index (χ3v) is 3.07. The summed E-state index contributed by atoms with van der Waals surface area (Å²) in [4.78, 5) is 8.07. The molecule has 0 N–H and O–H groups in total. The van der Waals surface area contributed by atoms with Crippen LogP contribution in [0, 0.1) is 0 Å². The third kappa shape index (κ3) is 1.14. The predicted octanol–water partition coefficient (Wildman–Crippen LogP) is 1.16. The van der Waals surface area contributed by atoms with Crippen LogP contribution in [0.5, 0.6) is 11.5 Å². The number of hydrogen-bond acceptors (Lipinski definition) is 4. The molecule has 0 radical (unpaired) electrons. The van der Waals surface area contributed by atoms with Gasteiger partial charge in [-0.3, -0.25) is 0 Å². The van der Waals surface area contributed by atoms with Crippen molar-refractivity contribution in [3.8, 4) is 11.5 Å². The highest BCUT2D eigenvalue weighted by molar-refractivity contribution is 5.96. The lowest BCUT2D eigenvalue weighted by Gasteiger charge is -2.14. The first-order chi connectivity index (χ1) is 8.95. The average Bonchev–Trinajstić information content (AvgIpc) is 2.48. The van der Waals surface area contributed by atoms with E-state index in [0.29, 0.717) is 0 Å². The van der Waals surface area contributed by atoms with Crippen LogP contribution in [-0.4, -0.2) is 12.8 Å². The van der Waals surface area contributed by atoms with Gasteiger partial charge in [0.2, 0.25) is 0 Å². The van der Waals surface area contributed by atoms with Crippen molar-refractivity contribution in [2.75, 3.05) is 0 Å². The molecular weight excluding hydrogens is 228 g/mol. The van der Waals surface area contributed by atoms with Gasteiger partial charge >= 0.3 is 0 Å². The lowest BCUT2D eigenvalue weighted by molar-refractivity contribution is 0.554. The number of nitrogens with zero attached hydrogens (tertiary/aromatic N) is 2. The molecule has 2 aliphatic rings. The molecular formula is C14H8N2O2. The summed E-state index contributed by atoms with van der Waals surface area (Å²) in [6.45, 7) is 0. The molecule has 0 aromatic heterocycles. The lowest BCUT2D eigenvalue weighted by Crippen LogP contribution is -2.31. The normalized spacial score (nSPS) is 14.9. The van der Waals surface area contributed by atoms with Crippen LogP contribution < -0.4 is 19.9 Å². The van der Waals surface area contributed by atoms with Crippen LogP contribution in [-0.2, 0) is 0 Å². The van der Waals surface area contributed by atoms with E-state index in [9.17, 15) is 0 Å². The first-order valence-corrected chi connectivity index (χ1v) is 5.57. The van der Waals surface area contributed by atoms with E-state index in [4.69, 9.17) is 9.47 Å². The molecule has 0 bridgehead atoms. The van der Waals surface area contributed by atoms with Gasteiger partial charge in [0, 0.05) is 33.6 Å². The maximum absolute atomic E-state index is 5.55. The van der Waals surface area contributed by atoms with Gasteiger partial charge in [0.05, 0.1) is 0 Å². The minimum atomic E-state index is 0.802. The monoisotopic (exact) mass is 236 g/mol. The summed E-state index contributed by atoms with van der Waals surface area (Å²) in [5, 5.41) is 3.83. The van der Waals surface area contributed by atoms with Gasteiger partial charge in [-0.05, 0) is 0 Å². The molecule has 2 aliphatic heterocycles. The van der Waals surface area contributed by atoms with Crippen LogP contribution in [0.15, 0.2) is 34.3 Å². The smallest absolute Gasteiger partial charge is 0.181 e. The van der Waals surface area contributed by atoms with Crippen molar-refractivity contribution < 1.29 is 9.47 Å².